The smallest absolute Gasteiger partial charge is 0.262 e. The Morgan fingerprint density at radius 2 is 1.90 bits per heavy atom. The molecular weight excluding hydrogens is 333 g/mol. The van der Waals surface area contributed by atoms with Crippen LogP contribution in [0.1, 0.15) is 43.1 Å². The zero-order valence-corrected chi connectivity index (χ0v) is 14.7. The summed E-state index contributed by atoms with van der Waals surface area (Å²) in [5, 5.41) is 2.89. The first-order valence-corrected chi connectivity index (χ1v) is 9.32. The van der Waals surface area contributed by atoms with Gasteiger partial charge in [-0.3, -0.25) is 4.79 Å². The molecule has 21 heavy (non-hydrogen) atoms. The molecule has 0 saturated heterocycles. The van der Waals surface area contributed by atoms with Crippen LogP contribution in [0.5, 0.6) is 0 Å². The summed E-state index contributed by atoms with van der Waals surface area (Å²) in [6.45, 7) is 7.61. The van der Waals surface area contributed by atoms with Crippen LogP contribution in [0.15, 0.2) is 17.0 Å². The van der Waals surface area contributed by atoms with Gasteiger partial charge in [0.25, 0.3) is 15.0 Å². The van der Waals surface area contributed by atoms with Gasteiger partial charge in [-0.15, -0.1) is 0 Å². The number of benzene rings is 1. The first-order valence-electron chi connectivity index (χ1n) is 6.63. The highest BCUT2D eigenvalue weighted by molar-refractivity contribution is 8.13. The topological polar surface area (TPSA) is 63.2 Å². The quantitative estimate of drug-likeness (QED) is 0.821. The lowest BCUT2D eigenvalue weighted by molar-refractivity contribution is 0.0928. The highest BCUT2D eigenvalue weighted by Crippen LogP contribution is 2.29. The van der Waals surface area contributed by atoms with Gasteiger partial charge in [-0.2, -0.15) is 0 Å². The molecule has 0 aliphatic carbocycles. The molecule has 0 aromatic heterocycles. The highest BCUT2D eigenvalue weighted by atomic mass is 35.7. The van der Waals surface area contributed by atoms with E-state index in [0.717, 1.165) is 6.42 Å². The molecule has 4 nitrogen and oxygen atoms in total. The number of aryl methyl sites for hydroxylation is 1. The van der Waals surface area contributed by atoms with Crippen LogP contribution >= 0.6 is 22.3 Å². The van der Waals surface area contributed by atoms with Gasteiger partial charge >= 0.3 is 0 Å². The second-order valence-electron chi connectivity index (χ2n) is 5.19. The lowest BCUT2D eigenvalue weighted by atomic mass is 10.0. The Morgan fingerprint density at radius 3 is 2.38 bits per heavy atom. The first-order chi connectivity index (χ1) is 9.57. The predicted octanol–water partition coefficient (Wildman–Crippen LogP) is 3.74. The van der Waals surface area contributed by atoms with E-state index in [2.05, 4.69) is 5.32 Å². The fraction of sp³-hybridized carbons (Fsp3) is 0.500. The Balaban J connectivity index is 3.15. The Labute approximate surface area is 135 Å². The average Bonchev–Trinajstić information content (AvgIpc) is 2.38. The third kappa shape index (κ3) is 4.59. The minimum absolute atomic E-state index is 0.0189. The molecule has 1 amide bonds. The zero-order valence-electron chi connectivity index (χ0n) is 12.4. The van der Waals surface area contributed by atoms with E-state index in [4.69, 9.17) is 22.3 Å². The zero-order chi connectivity index (χ0) is 16.4. The SMILES string of the molecule is CCC(C)C(C)NC(=O)c1cc(C)c(Cl)c(S(=O)(=O)Cl)c1. The number of nitrogens with one attached hydrogen (secondary N) is 1. The van der Waals surface area contributed by atoms with Crippen LogP contribution in [-0.4, -0.2) is 20.4 Å². The normalized spacial score (nSPS) is 14.6. The molecular formula is C14H19Cl2NO3S. The minimum atomic E-state index is -4.00. The lowest BCUT2D eigenvalue weighted by Crippen LogP contribution is -2.37. The summed E-state index contributed by atoms with van der Waals surface area (Å²) in [5.74, 6) is -0.0253. The summed E-state index contributed by atoms with van der Waals surface area (Å²) in [7, 11) is 1.35. The number of hydrogen-bond acceptors (Lipinski definition) is 3. The number of hydrogen-bond donors (Lipinski definition) is 1. The predicted molar refractivity (Wildman–Crippen MR) is 85.6 cm³/mol. The molecule has 0 aliphatic heterocycles. The van der Waals surface area contributed by atoms with Crippen LogP contribution < -0.4 is 5.32 Å². The fourth-order valence-corrected chi connectivity index (χ4v) is 3.37. The maximum absolute atomic E-state index is 12.2. The molecule has 2 atom stereocenters. The van der Waals surface area contributed by atoms with E-state index >= 15 is 0 Å². The molecule has 2 unspecified atom stereocenters. The minimum Gasteiger partial charge on any atom is -0.349 e. The van der Waals surface area contributed by atoms with Crippen LogP contribution in [0, 0.1) is 12.8 Å². The van der Waals surface area contributed by atoms with Crippen molar-refractivity contribution in [3.05, 3.63) is 28.3 Å². The Morgan fingerprint density at radius 1 is 1.33 bits per heavy atom. The molecule has 1 aromatic carbocycles. The van der Waals surface area contributed by atoms with Crippen molar-refractivity contribution in [2.45, 2.75) is 45.1 Å². The Hall–Kier alpha value is -0.780. The molecule has 7 heteroatoms. The highest BCUT2D eigenvalue weighted by Gasteiger charge is 2.21. The van der Waals surface area contributed by atoms with Gasteiger partial charge in [0.1, 0.15) is 4.90 Å². The number of halogens is 2. The second-order valence-corrected chi connectivity index (χ2v) is 8.10. The molecule has 0 aliphatic rings. The molecule has 1 rings (SSSR count). The van der Waals surface area contributed by atoms with Gasteiger partial charge in [0.2, 0.25) is 0 Å². The molecule has 118 valence electrons. The molecule has 0 spiro atoms. The van der Waals surface area contributed by atoms with Crippen LogP contribution in [0.25, 0.3) is 0 Å². The van der Waals surface area contributed by atoms with Crippen LogP contribution in [0.3, 0.4) is 0 Å². The Kier molecular flexibility index (Phi) is 6.08. The molecule has 0 fully saturated rings. The summed E-state index contributed by atoms with van der Waals surface area (Å²) in [4.78, 5) is 12.0. The van der Waals surface area contributed by atoms with E-state index in [1.54, 1.807) is 13.0 Å². The average molecular weight is 352 g/mol. The molecule has 0 heterocycles. The third-order valence-electron chi connectivity index (χ3n) is 3.60. The van der Waals surface area contributed by atoms with Crippen LogP contribution in [0.4, 0.5) is 0 Å². The third-order valence-corrected chi connectivity index (χ3v) is 5.56. The summed E-state index contributed by atoms with van der Waals surface area (Å²) in [6.07, 6.45) is 0.933. The first kappa shape index (κ1) is 18.3. The van der Waals surface area contributed by atoms with E-state index in [1.807, 2.05) is 20.8 Å². The number of amides is 1. The molecule has 1 N–H and O–H groups in total. The summed E-state index contributed by atoms with van der Waals surface area (Å²) >= 11 is 5.94. The fourth-order valence-electron chi connectivity index (χ4n) is 1.83. The van der Waals surface area contributed by atoms with Gasteiger partial charge in [0.05, 0.1) is 5.02 Å². The van der Waals surface area contributed by atoms with Crippen molar-refractivity contribution < 1.29 is 13.2 Å². The number of carbonyl (C=O) groups excluding carboxylic acids is 1. The molecule has 0 saturated carbocycles. The second kappa shape index (κ2) is 6.99. The van der Waals surface area contributed by atoms with Gasteiger partial charge in [-0.1, -0.05) is 31.9 Å². The van der Waals surface area contributed by atoms with Gasteiger partial charge < -0.3 is 5.32 Å². The van der Waals surface area contributed by atoms with Gasteiger partial charge in [-0.05, 0) is 37.5 Å². The van der Waals surface area contributed by atoms with E-state index in [-0.39, 0.29) is 27.4 Å². The van der Waals surface area contributed by atoms with Crippen molar-refractivity contribution in [2.75, 3.05) is 0 Å². The van der Waals surface area contributed by atoms with E-state index in [0.29, 0.717) is 11.5 Å². The summed E-state index contributed by atoms with van der Waals surface area (Å²) in [5.41, 5.74) is 0.714. The van der Waals surface area contributed by atoms with Gasteiger partial charge in [0, 0.05) is 22.3 Å². The number of carbonyl (C=O) groups is 1. The largest absolute Gasteiger partial charge is 0.349 e. The summed E-state index contributed by atoms with van der Waals surface area (Å²) in [6, 6.07) is 2.73. The number of rotatable bonds is 5. The monoisotopic (exact) mass is 351 g/mol. The molecule has 1 aromatic rings. The molecule has 0 bridgehead atoms. The van der Waals surface area contributed by atoms with Crippen molar-refractivity contribution in [3.63, 3.8) is 0 Å². The molecule has 0 radical (unpaired) electrons. The van der Waals surface area contributed by atoms with E-state index in [1.165, 1.54) is 6.07 Å². The van der Waals surface area contributed by atoms with Crippen LogP contribution in [-0.2, 0) is 9.05 Å². The van der Waals surface area contributed by atoms with Crippen molar-refractivity contribution in [2.24, 2.45) is 5.92 Å². The van der Waals surface area contributed by atoms with Crippen molar-refractivity contribution in [1.29, 1.82) is 0 Å². The van der Waals surface area contributed by atoms with Crippen LogP contribution in [0.2, 0.25) is 5.02 Å². The maximum Gasteiger partial charge on any atom is 0.262 e. The van der Waals surface area contributed by atoms with Crippen molar-refractivity contribution in [3.8, 4) is 0 Å². The van der Waals surface area contributed by atoms with E-state index in [9.17, 15) is 13.2 Å². The van der Waals surface area contributed by atoms with Crippen molar-refractivity contribution in [1.82, 2.24) is 5.32 Å². The van der Waals surface area contributed by atoms with E-state index < -0.39 is 9.05 Å². The standard InChI is InChI=1S/C14H19Cl2NO3S/c1-5-8(2)10(4)17-14(18)11-6-9(3)13(15)12(7-11)21(16,19)20/h6-8,10H,5H2,1-4H3,(H,17,18). The maximum atomic E-state index is 12.2. The van der Waals surface area contributed by atoms with Gasteiger partial charge in [0.15, 0.2) is 0 Å². The lowest BCUT2D eigenvalue weighted by Gasteiger charge is -2.20. The van der Waals surface area contributed by atoms with Gasteiger partial charge in [-0.25, -0.2) is 8.42 Å². The summed E-state index contributed by atoms with van der Waals surface area (Å²) < 4.78 is 23.0. The van der Waals surface area contributed by atoms with Crippen molar-refractivity contribution >= 4 is 37.2 Å². The Bertz CT molecular complexity index is 644.